The molecule has 21 heavy (non-hydrogen) atoms. The summed E-state index contributed by atoms with van der Waals surface area (Å²) in [5, 5.41) is 0. The van der Waals surface area contributed by atoms with Crippen LogP contribution in [0.5, 0.6) is 0 Å². The third-order valence-corrected chi connectivity index (χ3v) is 3.98. The zero-order valence-electron chi connectivity index (χ0n) is 16.6. The summed E-state index contributed by atoms with van der Waals surface area (Å²) in [5.74, 6) is 0.833. The molecule has 1 spiro atoms. The molecule has 128 valence electrons. The van der Waals surface area contributed by atoms with Crippen molar-refractivity contribution in [3.8, 4) is 0 Å². The minimum atomic E-state index is 0.700. The van der Waals surface area contributed by atoms with Crippen molar-refractivity contribution >= 4 is 0 Å². The molecule has 2 aliphatic rings. The first-order valence-corrected chi connectivity index (χ1v) is 9.28. The number of likely N-dealkylation sites (tertiary alicyclic amines) is 1. The Morgan fingerprint density at radius 3 is 1.71 bits per heavy atom. The molecule has 0 radical (unpaired) electrons. The van der Waals surface area contributed by atoms with Gasteiger partial charge in [-0.1, -0.05) is 60.1 Å². The highest BCUT2D eigenvalue weighted by Crippen LogP contribution is 2.43. The molecule has 1 aliphatic heterocycles. The second-order valence-electron chi connectivity index (χ2n) is 6.79. The predicted molar refractivity (Wildman–Crippen MR) is 100.0 cm³/mol. The molecule has 0 bridgehead atoms. The van der Waals surface area contributed by atoms with Crippen molar-refractivity contribution in [1.29, 1.82) is 0 Å². The molecular formula is C20H43N. The van der Waals surface area contributed by atoms with Crippen molar-refractivity contribution in [2.45, 2.75) is 87.5 Å². The molecular weight excluding hydrogens is 254 g/mol. The van der Waals surface area contributed by atoms with Crippen LogP contribution in [0.15, 0.2) is 11.6 Å². The van der Waals surface area contributed by atoms with Gasteiger partial charge in [0, 0.05) is 0 Å². The maximum absolute atomic E-state index is 2.48. The fraction of sp³-hybridized carbons (Fsp3) is 0.900. The number of allylic oxidation sites excluding steroid dienone is 2. The molecule has 0 aromatic heterocycles. The van der Waals surface area contributed by atoms with Crippen molar-refractivity contribution < 1.29 is 0 Å². The van der Waals surface area contributed by atoms with Crippen molar-refractivity contribution in [3.05, 3.63) is 11.6 Å². The van der Waals surface area contributed by atoms with Crippen LogP contribution in [0.4, 0.5) is 0 Å². The fourth-order valence-corrected chi connectivity index (χ4v) is 2.60. The molecule has 1 heteroatoms. The van der Waals surface area contributed by atoms with Crippen LogP contribution in [0, 0.1) is 11.3 Å². The number of nitrogens with zero attached hydrogens (tertiary/aromatic N) is 1. The smallest absolute Gasteiger partial charge is 0.00164 e. The van der Waals surface area contributed by atoms with Gasteiger partial charge in [-0.05, 0) is 70.5 Å². The van der Waals surface area contributed by atoms with Crippen molar-refractivity contribution in [2.75, 3.05) is 20.1 Å². The van der Waals surface area contributed by atoms with Crippen LogP contribution in [0.2, 0.25) is 0 Å². The Morgan fingerprint density at radius 2 is 1.38 bits per heavy atom. The van der Waals surface area contributed by atoms with E-state index in [4.69, 9.17) is 0 Å². The average Bonchev–Trinajstić information content (AvgIpc) is 2.49. The van der Waals surface area contributed by atoms with Gasteiger partial charge in [0.2, 0.25) is 0 Å². The SMILES string of the molecule is CC.CC.CC(C)C.CC1=CCC2(CC1)CCN(C)CC2. The molecule has 0 saturated carbocycles. The van der Waals surface area contributed by atoms with Crippen LogP contribution >= 0.6 is 0 Å². The first kappa shape index (κ1) is 23.0. The topological polar surface area (TPSA) is 3.24 Å². The van der Waals surface area contributed by atoms with Gasteiger partial charge >= 0.3 is 0 Å². The summed E-state index contributed by atoms with van der Waals surface area (Å²) in [4.78, 5) is 2.47. The zero-order valence-corrected chi connectivity index (χ0v) is 16.6. The van der Waals surface area contributed by atoms with Crippen LogP contribution < -0.4 is 0 Å². The van der Waals surface area contributed by atoms with E-state index in [0.29, 0.717) is 5.41 Å². The molecule has 1 fully saturated rings. The Morgan fingerprint density at radius 1 is 0.952 bits per heavy atom. The minimum absolute atomic E-state index is 0.700. The first-order chi connectivity index (χ1) is 9.93. The third kappa shape index (κ3) is 11.0. The molecule has 0 atom stereocenters. The summed E-state index contributed by atoms with van der Waals surface area (Å²) < 4.78 is 0. The molecule has 0 amide bonds. The summed E-state index contributed by atoms with van der Waals surface area (Å²) in [6.07, 6.45) is 9.48. The summed E-state index contributed by atoms with van der Waals surface area (Å²) >= 11 is 0. The van der Waals surface area contributed by atoms with E-state index in [1.165, 1.54) is 45.2 Å². The monoisotopic (exact) mass is 297 g/mol. The molecule has 1 aliphatic carbocycles. The zero-order chi connectivity index (χ0) is 16.9. The Labute approximate surface area is 136 Å². The van der Waals surface area contributed by atoms with E-state index in [0.717, 1.165) is 5.92 Å². The lowest BCUT2D eigenvalue weighted by atomic mass is 9.69. The number of hydrogen-bond acceptors (Lipinski definition) is 1. The van der Waals surface area contributed by atoms with Crippen molar-refractivity contribution in [3.63, 3.8) is 0 Å². The van der Waals surface area contributed by atoms with Crippen molar-refractivity contribution in [1.82, 2.24) is 4.90 Å². The van der Waals surface area contributed by atoms with E-state index in [1.54, 1.807) is 5.57 Å². The van der Waals surface area contributed by atoms with Crippen LogP contribution in [0.1, 0.15) is 87.5 Å². The van der Waals surface area contributed by atoms with Gasteiger partial charge in [0.1, 0.15) is 0 Å². The Bertz CT molecular complexity index is 242. The van der Waals surface area contributed by atoms with Gasteiger partial charge < -0.3 is 4.90 Å². The molecule has 0 N–H and O–H groups in total. The van der Waals surface area contributed by atoms with Crippen molar-refractivity contribution in [2.24, 2.45) is 11.3 Å². The van der Waals surface area contributed by atoms with Gasteiger partial charge in [-0.3, -0.25) is 0 Å². The van der Waals surface area contributed by atoms with E-state index < -0.39 is 0 Å². The normalized spacial score (nSPS) is 20.2. The lowest BCUT2D eigenvalue weighted by Gasteiger charge is -2.42. The minimum Gasteiger partial charge on any atom is -0.306 e. The van der Waals surface area contributed by atoms with Gasteiger partial charge in [0.25, 0.3) is 0 Å². The summed E-state index contributed by atoms with van der Waals surface area (Å²) in [7, 11) is 2.25. The van der Waals surface area contributed by atoms with Crippen LogP contribution in [-0.2, 0) is 0 Å². The maximum Gasteiger partial charge on any atom is -0.00164 e. The quantitative estimate of drug-likeness (QED) is 0.459. The third-order valence-electron chi connectivity index (χ3n) is 3.98. The molecule has 0 aromatic rings. The van der Waals surface area contributed by atoms with Crippen LogP contribution in [0.3, 0.4) is 0 Å². The second kappa shape index (κ2) is 13.4. The van der Waals surface area contributed by atoms with Gasteiger partial charge in [-0.15, -0.1) is 0 Å². The van der Waals surface area contributed by atoms with E-state index in [-0.39, 0.29) is 0 Å². The maximum atomic E-state index is 2.48. The summed E-state index contributed by atoms with van der Waals surface area (Å²) in [5.41, 5.74) is 2.32. The van der Waals surface area contributed by atoms with Gasteiger partial charge in [0.15, 0.2) is 0 Å². The molecule has 1 nitrogen and oxygen atoms in total. The van der Waals surface area contributed by atoms with E-state index in [1.807, 2.05) is 27.7 Å². The highest BCUT2D eigenvalue weighted by atomic mass is 15.1. The number of hydrogen-bond donors (Lipinski definition) is 0. The predicted octanol–water partition coefficient (Wildman–Crippen LogP) is 6.54. The van der Waals surface area contributed by atoms with Crippen LogP contribution in [-0.4, -0.2) is 25.0 Å². The molecule has 1 heterocycles. The lowest BCUT2D eigenvalue weighted by Crippen LogP contribution is -2.38. The summed E-state index contributed by atoms with van der Waals surface area (Å²) in [6.45, 7) is 19.4. The van der Waals surface area contributed by atoms with Gasteiger partial charge in [-0.2, -0.15) is 0 Å². The Hall–Kier alpha value is -0.300. The number of rotatable bonds is 0. The largest absolute Gasteiger partial charge is 0.306 e. The molecule has 0 unspecified atom stereocenters. The molecule has 0 aromatic carbocycles. The van der Waals surface area contributed by atoms with E-state index in [9.17, 15) is 0 Å². The highest BCUT2D eigenvalue weighted by molar-refractivity contribution is 5.07. The second-order valence-corrected chi connectivity index (χ2v) is 6.79. The lowest BCUT2D eigenvalue weighted by molar-refractivity contribution is 0.110. The van der Waals surface area contributed by atoms with Gasteiger partial charge in [-0.25, -0.2) is 0 Å². The highest BCUT2D eigenvalue weighted by Gasteiger charge is 2.33. The Kier molecular flexibility index (Phi) is 14.6. The van der Waals surface area contributed by atoms with Crippen LogP contribution in [0.25, 0.3) is 0 Å². The van der Waals surface area contributed by atoms with E-state index >= 15 is 0 Å². The summed E-state index contributed by atoms with van der Waals surface area (Å²) in [6, 6.07) is 0. The Balaban J connectivity index is 0. The average molecular weight is 298 g/mol. The standard InChI is InChI=1S/C12H21N.C4H10.2C2H6/c1-11-3-5-12(6-4-11)7-9-13(2)10-8-12;1-4(2)3;2*1-2/h3H,4-10H2,1-2H3;4H,1-3H3;2*1-2H3. The van der Waals surface area contributed by atoms with Gasteiger partial charge in [0.05, 0.1) is 0 Å². The fourth-order valence-electron chi connectivity index (χ4n) is 2.60. The molecule has 1 saturated heterocycles. The first-order valence-electron chi connectivity index (χ1n) is 9.28. The molecule has 2 rings (SSSR count). The number of piperidine rings is 1. The van der Waals surface area contributed by atoms with E-state index in [2.05, 4.69) is 45.7 Å².